The first-order valence-electron chi connectivity index (χ1n) is 10.2. The van der Waals surface area contributed by atoms with Crippen LogP contribution in [0.2, 0.25) is 5.02 Å². The van der Waals surface area contributed by atoms with Crippen molar-refractivity contribution >= 4 is 33.2 Å². The van der Waals surface area contributed by atoms with Crippen molar-refractivity contribution in [2.24, 2.45) is 0 Å². The molecule has 0 spiro atoms. The number of aryl methyl sites for hydroxylation is 2. The number of hydrogen-bond donors (Lipinski definition) is 1. The lowest BCUT2D eigenvalue weighted by atomic mass is 10.1. The summed E-state index contributed by atoms with van der Waals surface area (Å²) in [6, 6.07) is 15.1. The van der Waals surface area contributed by atoms with Crippen LogP contribution in [0.25, 0.3) is 0 Å². The summed E-state index contributed by atoms with van der Waals surface area (Å²) in [5.41, 5.74) is 1.47. The van der Waals surface area contributed by atoms with E-state index in [-0.39, 0.29) is 22.7 Å². The highest BCUT2D eigenvalue weighted by molar-refractivity contribution is 7.92. The van der Waals surface area contributed by atoms with Gasteiger partial charge < -0.3 is 5.32 Å². The molecule has 0 bridgehead atoms. The summed E-state index contributed by atoms with van der Waals surface area (Å²) in [7, 11) is -4.14. The van der Waals surface area contributed by atoms with Gasteiger partial charge in [0, 0.05) is 11.6 Å². The minimum absolute atomic E-state index is 0.0548. The van der Waals surface area contributed by atoms with Crippen LogP contribution in [0.3, 0.4) is 0 Å². The quantitative estimate of drug-likeness (QED) is 0.457. The third-order valence-corrected chi connectivity index (χ3v) is 7.25. The molecule has 0 unspecified atom stereocenters. The molecule has 0 aromatic heterocycles. The monoisotopic (exact) mass is 510 g/mol. The minimum Gasteiger partial charge on any atom is -0.350 e. The van der Waals surface area contributed by atoms with Gasteiger partial charge in [-0.05, 0) is 79.1 Å². The lowest BCUT2D eigenvalue weighted by molar-refractivity contribution is -0.137. The van der Waals surface area contributed by atoms with Gasteiger partial charge in [0.05, 0.1) is 16.1 Å². The van der Waals surface area contributed by atoms with Crippen LogP contribution in [0.15, 0.2) is 71.6 Å². The summed E-state index contributed by atoms with van der Waals surface area (Å²) in [5, 5.41) is 2.86. The van der Waals surface area contributed by atoms with E-state index < -0.39 is 34.2 Å². The molecular formula is C24H22ClF3N2O3S. The normalized spacial score (nSPS) is 11.8. The van der Waals surface area contributed by atoms with Crippen molar-refractivity contribution in [1.29, 1.82) is 0 Å². The van der Waals surface area contributed by atoms with E-state index in [4.69, 9.17) is 11.6 Å². The number of nitrogens with zero attached hydrogens (tertiary/aromatic N) is 1. The lowest BCUT2D eigenvalue weighted by Crippen LogP contribution is -2.40. The van der Waals surface area contributed by atoms with E-state index >= 15 is 0 Å². The molecule has 0 aliphatic heterocycles. The first-order valence-corrected chi connectivity index (χ1v) is 12.0. The molecule has 0 fully saturated rings. The van der Waals surface area contributed by atoms with Gasteiger partial charge in [-0.3, -0.25) is 9.10 Å². The Morgan fingerprint density at radius 1 is 0.971 bits per heavy atom. The zero-order chi connectivity index (χ0) is 25.1. The van der Waals surface area contributed by atoms with Crippen LogP contribution >= 0.6 is 11.6 Å². The number of amides is 1. The van der Waals surface area contributed by atoms with E-state index in [0.29, 0.717) is 5.02 Å². The van der Waals surface area contributed by atoms with Crippen LogP contribution < -0.4 is 9.62 Å². The molecule has 0 aliphatic rings. The molecule has 0 saturated heterocycles. The van der Waals surface area contributed by atoms with E-state index in [1.165, 1.54) is 36.4 Å². The van der Waals surface area contributed by atoms with Crippen molar-refractivity contribution in [3.63, 3.8) is 0 Å². The van der Waals surface area contributed by atoms with Crippen molar-refractivity contribution in [3.05, 3.63) is 94.0 Å². The Morgan fingerprint density at radius 2 is 1.65 bits per heavy atom. The fraction of sp³-hybridized carbons (Fsp3) is 0.208. The molecule has 180 valence electrons. The fourth-order valence-electron chi connectivity index (χ4n) is 3.17. The number of carbonyl (C=O) groups excluding carboxylic acids is 1. The van der Waals surface area contributed by atoms with Gasteiger partial charge in [0.15, 0.2) is 0 Å². The van der Waals surface area contributed by atoms with Crippen molar-refractivity contribution in [2.45, 2.75) is 31.5 Å². The Bertz CT molecular complexity index is 1290. The van der Waals surface area contributed by atoms with Gasteiger partial charge in [-0.1, -0.05) is 29.8 Å². The van der Waals surface area contributed by atoms with Crippen LogP contribution in [-0.2, 0) is 27.5 Å². The van der Waals surface area contributed by atoms with Crippen LogP contribution in [0.1, 0.15) is 22.3 Å². The van der Waals surface area contributed by atoms with Crippen LogP contribution in [-0.4, -0.2) is 20.9 Å². The summed E-state index contributed by atoms with van der Waals surface area (Å²) in [6.07, 6.45) is -4.51. The van der Waals surface area contributed by atoms with Gasteiger partial charge in [0.25, 0.3) is 10.0 Å². The lowest BCUT2D eigenvalue weighted by Gasteiger charge is -2.25. The average Bonchev–Trinajstić information content (AvgIpc) is 2.78. The number of hydrogen-bond acceptors (Lipinski definition) is 3. The molecule has 10 heteroatoms. The second-order valence-corrected chi connectivity index (χ2v) is 10.0. The van der Waals surface area contributed by atoms with Gasteiger partial charge >= 0.3 is 6.18 Å². The summed E-state index contributed by atoms with van der Waals surface area (Å²) in [6.45, 7) is 2.94. The summed E-state index contributed by atoms with van der Waals surface area (Å²) in [4.78, 5) is 12.7. The number of nitrogens with one attached hydrogen (secondary N) is 1. The summed E-state index contributed by atoms with van der Waals surface area (Å²) < 4.78 is 66.5. The molecule has 34 heavy (non-hydrogen) atoms. The van der Waals surface area contributed by atoms with Crippen LogP contribution in [0.5, 0.6) is 0 Å². The Labute approximate surface area is 201 Å². The van der Waals surface area contributed by atoms with Gasteiger partial charge in [-0.25, -0.2) is 8.42 Å². The molecule has 0 aliphatic carbocycles. The Balaban J connectivity index is 1.86. The molecule has 0 atom stereocenters. The van der Waals surface area contributed by atoms with E-state index in [1.807, 2.05) is 13.8 Å². The maximum atomic E-state index is 13.4. The standard InChI is InChI=1S/C24H22ClF3N2O3S/c1-16-6-9-21(12-17(16)2)30(34(32,33)22-10-7-20(25)8-11-22)15-23(31)29-14-18-4-3-5-19(13-18)24(26,27)28/h3-13H,14-15H2,1-2H3,(H,29,31). The predicted octanol–water partition coefficient (Wildman–Crippen LogP) is 5.49. The molecule has 5 nitrogen and oxygen atoms in total. The number of carbonyl (C=O) groups is 1. The third kappa shape index (κ3) is 6.09. The Kier molecular flexibility index (Phi) is 7.57. The summed E-state index contributed by atoms with van der Waals surface area (Å²) >= 11 is 5.88. The van der Waals surface area contributed by atoms with Crippen molar-refractivity contribution in [1.82, 2.24) is 5.32 Å². The van der Waals surface area contributed by atoms with Crippen LogP contribution in [0, 0.1) is 13.8 Å². The molecule has 1 amide bonds. The Morgan fingerprint density at radius 3 is 2.26 bits per heavy atom. The second-order valence-electron chi connectivity index (χ2n) is 7.71. The number of anilines is 1. The highest BCUT2D eigenvalue weighted by Crippen LogP contribution is 2.30. The maximum Gasteiger partial charge on any atom is 0.416 e. The number of rotatable bonds is 7. The van der Waals surface area contributed by atoms with Gasteiger partial charge in [0.1, 0.15) is 6.54 Å². The molecule has 0 heterocycles. The van der Waals surface area contributed by atoms with E-state index in [9.17, 15) is 26.4 Å². The number of halogens is 4. The predicted molar refractivity (Wildman–Crippen MR) is 125 cm³/mol. The zero-order valence-electron chi connectivity index (χ0n) is 18.4. The van der Waals surface area contributed by atoms with Crippen molar-refractivity contribution in [2.75, 3.05) is 10.8 Å². The average molecular weight is 511 g/mol. The third-order valence-electron chi connectivity index (χ3n) is 5.21. The fourth-order valence-corrected chi connectivity index (χ4v) is 4.71. The van der Waals surface area contributed by atoms with E-state index in [0.717, 1.165) is 27.6 Å². The van der Waals surface area contributed by atoms with Crippen molar-refractivity contribution < 1.29 is 26.4 Å². The maximum absolute atomic E-state index is 13.4. The number of benzene rings is 3. The van der Waals surface area contributed by atoms with Crippen LogP contribution in [0.4, 0.5) is 18.9 Å². The molecule has 3 aromatic carbocycles. The van der Waals surface area contributed by atoms with Gasteiger partial charge in [-0.15, -0.1) is 0 Å². The molecule has 0 radical (unpaired) electrons. The smallest absolute Gasteiger partial charge is 0.350 e. The number of alkyl halides is 3. The minimum atomic E-state index is -4.51. The molecule has 3 aromatic rings. The molecular weight excluding hydrogens is 489 g/mol. The van der Waals surface area contributed by atoms with Gasteiger partial charge in [0.2, 0.25) is 5.91 Å². The zero-order valence-corrected chi connectivity index (χ0v) is 19.9. The van der Waals surface area contributed by atoms with Crippen molar-refractivity contribution in [3.8, 4) is 0 Å². The topological polar surface area (TPSA) is 66.5 Å². The largest absolute Gasteiger partial charge is 0.416 e. The second kappa shape index (κ2) is 10.1. The molecule has 1 N–H and O–H groups in total. The van der Waals surface area contributed by atoms with E-state index in [2.05, 4.69) is 5.32 Å². The molecule has 3 rings (SSSR count). The summed E-state index contributed by atoms with van der Waals surface area (Å²) in [5.74, 6) is -0.673. The highest BCUT2D eigenvalue weighted by Gasteiger charge is 2.30. The number of sulfonamides is 1. The molecule has 0 saturated carbocycles. The van der Waals surface area contributed by atoms with Gasteiger partial charge in [-0.2, -0.15) is 13.2 Å². The Hall–Kier alpha value is -3.04. The first kappa shape index (κ1) is 25.6. The van der Waals surface area contributed by atoms with E-state index in [1.54, 1.807) is 18.2 Å². The highest BCUT2D eigenvalue weighted by atomic mass is 35.5. The first-order chi connectivity index (χ1) is 15.9. The SMILES string of the molecule is Cc1ccc(N(CC(=O)NCc2cccc(C(F)(F)F)c2)S(=O)(=O)c2ccc(Cl)cc2)cc1C.